The lowest BCUT2D eigenvalue weighted by molar-refractivity contribution is -0.122. The number of nitrogens with one attached hydrogen (secondary N) is 2. The lowest BCUT2D eigenvalue weighted by atomic mass is 10.2. The molecule has 1 atom stereocenters. The van der Waals surface area contributed by atoms with Crippen molar-refractivity contribution in [2.75, 3.05) is 5.32 Å². The number of carbonyl (C=O) groups is 1. The van der Waals surface area contributed by atoms with E-state index < -0.39 is 23.5 Å². The zero-order valence-corrected chi connectivity index (χ0v) is 11.2. The van der Waals surface area contributed by atoms with Crippen molar-refractivity contribution in [3.8, 4) is 0 Å². The Balaban J connectivity index is 1.98. The second-order valence-electron chi connectivity index (χ2n) is 5.08. The third kappa shape index (κ3) is 3.23. The van der Waals surface area contributed by atoms with Crippen molar-refractivity contribution in [2.24, 2.45) is 0 Å². The van der Waals surface area contributed by atoms with Gasteiger partial charge in [0.15, 0.2) is 17.5 Å². The molecule has 0 radical (unpaired) electrons. The third-order valence-electron chi connectivity index (χ3n) is 3.50. The minimum absolute atomic E-state index is 0.154. The molecular weight excluding hydrogens is 269 g/mol. The first kappa shape index (κ1) is 14.7. The van der Waals surface area contributed by atoms with E-state index in [0.717, 1.165) is 37.8 Å². The molecule has 0 saturated heterocycles. The van der Waals surface area contributed by atoms with Crippen molar-refractivity contribution in [1.82, 2.24) is 5.32 Å². The summed E-state index contributed by atoms with van der Waals surface area (Å²) in [4.78, 5) is 11.9. The van der Waals surface area contributed by atoms with Gasteiger partial charge in [-0.05, 0) is 31.9 Å². The van der Waals surface area contributed by atoms with Crippen LogP contribution in [0.4, 0.5) is 18.9 Å². The summed E-state index contributed by atoms with van der Waals surface area (Å²) >= 11 is 0. The van der Waals surface area contributed by atoms with Crippen LogP contribution >= 0.6 is 0 Å². The van der Waals surface area contributed by atoms with Crippen LogP contribution < -0.4 is 10.6 Å². The molecule has 0 heterocycles. The summed E-state index contributed by atoms with van der Waals surface area (Å²) in [6.07, 6.45) is 4.06. The molecule has 1 aliphatic rings. The van der Waals surface area contributed by atoms with Crippen LogP contribution in [0, 0.1) is 17.5 Å². The highest BCUT2D eigenvalue weighted by Gasteiger charge is 2.22. The van der Waals surface area contributed by atoms with Crippen molar-refractivity contribution in [3.63, 3.8) is 0 Å². The number of anilines is 1. The fourth-order valence-electron chi connectivity index (χ4n) is 2.33. The van der Waals surface area contributed by atoms with Crippen LogP contribution in [0.25, 0.3) is 0 Å². The molecule has 1 aliphatic carbocycles. The molecule has 1 aromatic carbocycles. The van der Waals surface area contributed by atoms with Gasteiger partial charge in [-0.1, -0.05) is 12.8 Å². The highest BCUT2D eigenvalue weighted by molar-refractivity contribution is 5.84. The van der Waals surface area contributed by atoms with Crippen LogP contribution in [0.5, 0.6) is 0 Å². The number of carbonyl (C=O) groups excluding carboxylic acids is 1. The van der Waals surface area contributed by atoms with E-state index in [0.29, 0.717) is 0 Å². The molecule has 110 valence electrons. The highest BCUT2D eigenvalue weighted by atomic mass is 19.2. The van der Waals surface area contributed by atoms with Gasteiger partial charge in [-0.15, -0.1) is 0 Å². The molecule has 0 bridgehead atoms. The van der Waals surface area contributed by atoms with Gasteiger partial charge in [0.05, 0.1) is 5.69 Å². The first-order chi connectivity index (χ1) is 9.49. The molecule has 1 aromatic rings. The molecule has 0 aromatic heterocycles. The minimum atomic E-state index is -1.54. The molecule has 2 rings (SSSR count). The van der Waals surface area contributed by atoms with Gasteiger partial charge in [0, 0.05) is 6.04 Å². The molecule has 1 unspecified atom stereocenters. The van der Waals surface area contributed by atoms with E-state index >= 15 is 0 Å². The third-order valence-corrected chi connectivity index (χ3v) is 3.50. The molecule has 0 spiro atoms. The van der Waals surface area contributed by atoms with Crippen LogP contribution in [0.2, 0.25) is 0 Å². The van der Waals surface area contributed by atoms with Gasteiger partial charge in [-0.25, -0.2) is 13.2 Å². The van der Waals surface area contributed by atoms with Gasteiger partial charge in [0.1, 0.15) is 6.04 Å². The normalized spacial score (nSPS) is 17.0. The Hall–Kier alpha value is -1.72. The van der Waals surface area contributed by atoms with E-state index in [2.05, 4.69) is 10.6 Å². The maximum Gasteiger partial charge on any atom is 0.242 e. The van der Waals surface area contributed by atoms with Crippen molar-refractivity contribution in [2.45, 2.75) is 44.7 Å². The standard InChI is InChI=1S/C14H17F3N2O/c1-8(14(20)19-9-4-2-3-5-9)18-11-7-6-10(15)12(16)13(11)17/h6-9,18H,2-5H2,1H3,(H,19,20). The van der Waals surface area contributed by atoms with Gasteiger partial charge in [-0.3, -0.25) is 4.79 Å². The van der Waals surface area contributed by atoms with Crippen LogP contribution in [-0.4, -0.2) is 18.0 Å². The fraction of sp³-hybridized carbons (Fsp3) is 0.500. The molecule has 3 nitrogen and oxygen atoms in total. The summed E-state index contributed by atoms with van der Waals surface area (Å²) in [6, 6.07) is 1.33. The average molecular weight is 286 g/mol. The van der Waals surface area contributed by atoms with E-state index in [1.165, 1.54) is 0 Å². The molecular formula is C14H17F3N2O. The molecule has 1 saturated carbocycles. The first-order valence-electron chi connectivity index (χ1n) is 6.69. The zero-order chi connectivity index (χ0) is 14.7. The van der Waals surface area contributed by atoms with Crippen LogP contribution in [0.15, 0.2) is 12.1 Å². The number of amides is 1. The zero-order valence-electron chi connectivity index (χ0n) is 11.2. The van der Waals surface area contributed by atoms with E-state index in [4.69, 9.17) is 0 Å². The average Bonchev–Trinajstić information content (AvgIpc) is 2.92. The van der Waals surface area contributed by atoms with Crippen LogP contribution in [-0.2, 0) is 4.79 Å². The number of halogens is 3. The molecule has 6 heteroatoms. The van der Waals surface area contributed by atoms with Gasteiger partial charge >= 0.3 is 0 Å². The largest absolute Gasteiger partial charge is 0.371 e. The Kier molecular flexibility index (Phi) is 4.52. The maximum absolute atomic E-state index is 13.5. The van der Waals surface area contributed by atoms with E-state index in [1.807, 2.05) is 0 Å². The number of hydrogen-bond acceptors (Lipinski definition) is 2. The Morgan fingerprint density at radius 1 is 1.20 bits per heavy atom. The number of hydrogen-bond donors (Lipinski definition) is 2. The molecule has 20 heavy (non-hydrogen) atoms. The van der Waals surface area contributed by atoms with Crippen molar-refractivity contribution >= 4 is 11.6 Å². The minimum Gasteiger partial charge on any atom is -0.371 e. The molecule has 0 aliphatic heterocycles. The number of rotatable bonds is 4. The second-order valence-corrected chi connectivity index (χ2v) is 5.08. The fourth-order valence-corrected chi connectivity index (χ4v) is 2.33. The van der Waals surface area contributed by atoms with Gasteiger partial charge in [0.25, 0.3) is 0 Å². The van der Waals surface area contributed by atoms with Gasteiger partial charge in [-0.2, -0.15) is 0 Å². The van der Waals surface area contributed by atoms with Crippen LogP contribution in [0.3, 0.4) is 0 Å². The van der Waals surface area contributed by atoms with Crippen molar-refractivity contribution in [1.29, 1.82) is 0 Å². The summed E-state index contributed by atoms with van der Waals surface area (Å²) in [6.45, 7) is 1.55. The Labute approximate surface area is 115 Å². The SMILES string of the molecule is CC(Nc1ccc(F)c(F)c1F)C(=O)NC1CCCC1. The predicted octanol–water partition coefficient (Wildman–Crippen LogP) is 2.96. The van der Waals surface area contributed by atoms with Gasteiger partial charge in [0.2, 0.25) is 5.91 Å². The maximum atomic E-state index is 13.5. The quantitative estimate of drug-likeness (QED) is 0.836. The highest BCUT2D eigenvalue weighted by Crippen LogP contribution is 2.21. The monoisotopic (exact) mass is 286 g/mol. The first-order valence-corrected chi connectivity index (χ1v) is 6.69. The smallest absolute Gasteiger partial charge is 0.242 e. The summed E-state index contributed by atoms with van der Waals surface area (Å²) in [5.41, 5.74) is -0.224. The lowest BCUT2D eigenvalue weighted by Gasteiger charge is -2.19. The Morgan fingerprint density at radius 3 is 2.50 bits per heavy atom. The molecule has 1 fully saturated rings. The summed E-state index contributed by atoms with van der Waals surface area (Å²) in [7, 11) is 0. The summed E-state index contributed by atoms with van der Waals surface area (Å²) < 4.78 is 39.4. The topological polar surface area (TPSA) is 41.1 Å². The Morgan fingerprint density at radius 2 is 1.85 bits per heavy atom. The predicted molar refractivity (Wildman–Crippen MR) is 69.8 cm³/mol. The van der Waals surface area contributed by atoms with E-state index in [1.54, 1.807) is 6.92 Å². The second kappa shape index (κ2) is 6.15. The Bertz CT molecular complexity index is 501. The van der Waals surface area contributed by atoms with Crippen molar-refractivity contribution < 1.29 is 18.0 Å². The van der Waals surface area contributed by atoms with E-state index in [9.17, 15) is 18.0 Å². The van der Waals surface area contributed by atoms with Crippen LogP contribution in [0.1, 0.15) is 32.6 Å². The summed E-state index contributed by atoms with van der Waals surface area (Å²) in [5, 5.41) is 5.41. The van der Waals surface area contributed by atoms with E-state index in [-0.39, 0.29) is 17.6 Å². The molecule has 1 amide bonds. The number of benzene rings is 1. The summed E-state index contributed by atoms with van der Waals surface area (Å²) in [5.74, 6) is -4.39. The van der Waals surface area contributed by atoms with Gasteiger partial charge < -0.3 is 10.6 Å². The lowest BCUT2D eigenvalue weighted by Crippen LogP contribution is -2.42. The van der Waals surface area contributed by atoms with Crippen molar-refractivity contribution in [3.05, 3.63) is 29.6 Å². The molecule has 2 N–H and O–H groups in total.